The van der Waals surface area contributed by atoms with Crippen LogP contribution in [-0.4, -0.2) is 51.9 Å². The van der Waals surface area contributed by atoms with Gasteiger partial charge in [0.1, 0.15) is 0 Å². The van der Waals surface area contributed by atoms with Crippen molar-refractivity contribution in [2.24, 2.45) is 0 Å². The maximum absolute atomic E-state index is 12.2. The van der Waals surface area contributed by atoms with E-state index in [0.717, 1.165) is 17.4 Å². The number of nitrogens with zero attached hydrogens (tertiary/aromatic N) is 2. The molecule has 1 N–H and O–H groups in total. The van der Waals surface area contributed by atoms with Crippen molar-refractivity contribution in [3.05, 3.63) is 30.3 Å². The van der Waals surface area contributed by atoms with Crippen molar-refractivity contribution in [2.75, 3.05) is 24.2 Å². The number of hydrogen-bond acceptors (Lipinski definition) is 4. The van der Waals surface area contributed by atoms with Crippen LogP contribution in [0.5, 0.6) is 0 Å². The van der Waals surface area contributed by atoms with Crippen molar-refractivity contribution in [1.82, 2.24) is 9.80 Å². The fraction of sp³-hybridized carbons (Fsp3) is 0.357. The lowest BCUT2D eigenvalue weighted by atomic mass is 10.2. The molecule has 110 valence electrons. The fourth-order valence-electron chi connectivity index (χ4n) is 2.58. The Morgan fingerprint density at radius 1 is 1.24 bits per heavy atom. The SMILES string of the molecule is O=C(Nc1ccccc1)N1CCC(N2C(=O)CSC2=O)C1. The number of hydrogen-bond donors (Lipinski definition) is 1. The Bertz CT molecular complexity index is 562. The van der Waals surface area contributed by atoms with Crippen molar-refractivity contribution < 1.29 is 14.4 Å². The van der Waals surface area contributed by atoms with E-state index in [0.29, 0.717) is 19.5 Å². The molecule has 1 atom stereocenters. The molecule has 3 rings (SSSR count). The molecule has 6 nitrogen and oxygen atoms in total. The topological polar surface area (TPSA) is 69.7 Å². The summed E-state index contributed by atoms with van der Waals surface area (Å²) in [5.74, 6) is 0.0614. The summed E-state index contributed by atoms with van der Waals surface area (Å²) < 4.78 is 0. The van der Waals surface area contributed by atoms with Crippen LogP contribution in [0.4, 0.5) is 15.3 Å². The van der Waals surface area contributed by atoms with E-state index in [1.807, 2.05) is 30.3 Å². The molecule has 4 amide bonds. The Kier molecular flexibility index (Phi) is 3.83. The van der Waals surface area contributed by atoms with Gasteiger partial charge >= 0.3 is 6.03 Å². The molecule has 0 saturated carbocycles. The van der Waals surface area contributed by atoms with E-state index in [9.17, 15) is 14.4 Å². The molecule has 1 aromatic carbocycles. The summed E-state index contributed by atoms with van der Waals surface area (Å²) in [6.07, 6.45) is 0.639. The lowest BCUT2D eigenvalue weighted by Crippen LogP contribution is -2.42. The summed E-state index contributed by atoms with van der Waals surface area (Å²) in [6.45, 7) is 0.946. The Balaban J connectivity index is 1.60. The fourth-order valence-corrected chi connectivity index (χ4v) is 3.35. The van der Waals surface area contributed by atoms with E-state index in [1.54, 1.807) is 4.90 Å². The van der Waals surface area contributed by atoms with Gasteiger partial charge in [0.25, 0.3) is 5.24 Å². The third-order valence-electron chi connectivity index (χ3n) is 3.63. The third-order valence-corrected chi connectivity index (χ3v) is 4.46. The number of carbonyl (C=O) groups excluding carboxylic acids is 3. The molecule has 0 spiro atoms. The highest BCUT2D eigenvalue weighted by atomic mass is 32.2. The van der Waals surface area contributed by atoms with Gasteiger partial charge in [0.2, 0.25) is 5.91 Å². The van der Waals surface area contributed by atoms with E-state index >= 15 is 0 Å². The number of amides is 4. The van der Waals surface area contributed by atoms with Crippen LogP contribution in [0.3, 0.4) is 0 Å². The molecule has 0 radical (unpaired) electrons. The molecule has 21 heavy (non-hydrogen) atoms. The van der Waals surface area contributed by atoms with E-state index in [1.165, 1.54) is 4.90 Å². The summed E-state index contributed by atoms with van der Waals surface area (Å²) in [7, 11) is 0. The first-order valence-electron chi connectivity index (χ1n) is 6.75. The minimum atomic E-state index is -0.199. The summed E-state index contributed by atoms with van der Waals surface area (Å²) in [6, 6.07) is 8.81. The largest absolute Gasteiger partial charge is 0.322 e. The minimum absolute atomic E-state index is 0.152. The van der Waals surface area contributed by atoms with Crippen LogP contribution < -0.4 is 5.32 Å². The summed E-state index contributed by atoms with van der Waals surface area (Å²) >= 11 is 1.03. The quantitative estimate of drug-likeness (QED) is 0.907. The molecule has 2 saturated heterocycles. The van der Waals surface area contributed by atoms with Crippen LogP contribution in [0.1, 0.15) is 6.42 Å². The molecular weight excluding hydrogens is 290 g/mol. The monoisotopic (exact) mass is 305 g/mol. The highest BCUT2D eigenvalue weighted by Crippen LogP contribution is 2.26. The number of imide groups is 1. The van der Waals surface area contributed by atoms with Gasteiger partial charge < -0.3 is 10.2 Å². The number of anilines is 1. The molecule has 0 aliphatic carbocycles. The van der Waals surface area contributed by atoms with Gasteiger partial charge in [-0.1, -0.05) is 30.0 Å². The van der Waals surface area contributed by atoms with Gasteiger partial charge in [-0.3, -0.25) is 14.5 Å². The first-order valence-corrected chi connectivity index (χ1v) is 7.73. The molecule has 2 heterocycles. The summed E-state index contributed by atoms with van der Waals surface area (Å²) in [4.78, 5) is 38.5. The standard InChI is InChI=1S/C14H15N3O3S/c18-12-9-21-14(20)17(12)11-6-7-16(8-11)13(19)15-10-4-2-1-3-5-10/h1-5,11H,6-9H2,(H,15,19). The number of thioether (sulfide) groups is 1. The highest BCUT2D eigenvalue weighted by molar-refractivity contribution is 8.14. The Hall–Kier alpha value is -2.02. The van der Waals surface area contributed by atoms with Crippen LogP contribution in [0.15, 0.2) is 30.3 Å². The zero-order valence-corrected chi connectivity index (χ0v) is 12.1. The molecule has 0 bridgehead atoms. The van der Waals surface area contributed by atoms with Gasteiger partial charge in [0.15, 0.2) is 0 Å². The number of likely N-dealkylation sites (tertiary alicyclic amines) is 1. The lowest BCUT2D eigenvalue weighted by molar-refractivity contribution is -0.126. The van der Waals surface area contributed by atoms with Gasteiger partial charge in [-0.2, -0.15) is 0 Å². The molecule has 1 unspecified atom stereocenters. The average molecular weight is 305 g/mol. The molecule has 1 aromatic rings. The Labute approximate surface area is 126 Å². The van der Waals surface area contributed by atoms with Crippen molar-refractivity contribution in [3.63, 3.8) is 0 Å². The van der Waals surface area contributed by atoms with E-state index in [2.05, 4.69) is 5.32 Å². The highest BCUT2D eigenvalue weighted by Gasteiger charge is 2.40. The normalized spacial score (nSPS) is 22.0. The number of urea groups is 1. The Morgan fingerprint density at radius 3 is 2.67 bits per heavy atom. The third kappa shape index (κ3) is 2.87. The van der Waals surface area contributed by atoms with Crippen molar-refractivity contribution in [3.8, 4) is 0 Å². The van der Waals surface area contributed by atoms with Gasteiger partial charge in [0, 0.05) is 18.8 Å². The number of benzene rings is 1. The van der Waals surface area contributed by atoms with Crippen LogP contribution in [0.25, 0.3) is 0 Å². The van der Waals surface area contributed by atoms with Crippen LogP contribution >= 0.6 is 11.8 Å². The zero-order valence-electron chi connectivity index (χ0n) is 11.3. The maximum Gasteiger partial charge on any atom is 0.321 e. The van der Waals surface area contributed by atoms with Crippen LogP contribution in [-0.2, 0) is 4.79 Å². The van der Waals surface area contributed by atoms with Crippen molar-refractivity contribution in [1.29, 1.82) is 0 Å². The molecular formula is C14H15N3O3S. The smallest absolute Gasteiger partial charge is 0.321 e. The van der Waals surface area contributed by atoms with Gasteiger partial charge in [-0.25, -0.2) is 4.79 Å². The second-order valence-electron chi connectivity index (χ2n) is 5.00. The first-order chi connectivity index (χ1) is 10.1. The summed E-state index contributed by atoms with van der Waals surface area (Å²) in [5, 5.41) is 2.61. The minimum Gasteiger partial charge on any atom is -0.322 e. The number of rotatable bonds is 2. The zero-order chi connectivity index (χ0) is 14.8. The van der Waals surface area contributed by atoms with Crippen LogP contribution in [0.2, 0.25) is 0 Å². The van der Waals surface area contributed by atoms with Gasteiger partial charge in [0.05, 0.1) is 11.8 Å². The molecule has 7 heteroatoms. The van der Waals surface area contributed by atoms with Crippen molar-refractivity contribution in [2.45, 2.75) is 12.5 Å². The van der Waals surface area contributed by atoms with Crippen LogP contribution in [0, 0.1) is 0 Å². The summed E-state index contributed by atoms with van der Waals surface area (Å²) in [5.41, 5.74) is 0.731. The average Bonchev–Trinajstić information content (AvgIpc) is 3.07. The van der Waals surface area contributed by atoms with E-state index in [4.69, 9.17) is 0 Å². The van der Waals surface area contributed by atoms with E-state index in [-0.39, 0.29) is 29.0 Å². The lowest BCUT2D eigenvalue weighted by Gasteiger charge is -2.22. The predicted octanol–water partition coefficient (Wildman–Crippen LogP) is 1.99. The predicted molar refractivity (Wildman–Crippen MR) is 80.1 cm³/mol. The number of para-hydroxylation sites is 1. The second-order valence-corrected chi connectivity index (χ2v) is 5.93. The second kappa shape index (κ2) is 5.77. The molecule has 2 aliphatic heterocycles. The molecule has 2 fully saturated rings. The van der Waals surface area contributed by atoms with Crippen molar-refractivity contribution >= 4 is 34.6 Å². The molecule has 2 aliphatic rings. The van der Waals surface area contributed by atoms with Gasteiger partial charge in [-0.15, -0.1) is 0 Å². The first kappa shape index (κ1) is 13.9. The van der Waals surface area contributed by atoms with Gasteiger partial charge in [-0.05, 0) is 18.6 Å². The van der Waals surface area contributed by atoms with E-state index < -0.39 is 0 Å². The molecule has 0 aromatic heterocycles. The maximum atomic E-state index is 12.2. The number of nitrogens with one attached hydrogen (secondary N) is 1. The Morgan fingerprint density at radius 2 is 2.00 bits per heavy atom. The number of carbonyl (C=O) groups is 3.